The molecule has 4 aliphatic rings. The van der Waals surface area contributed by atoms with Crippen LogP contribution in [0.1, 0.15) is 151 Å². The number of fused-ring (bicyclic) bond motifs is 5. The van der Waals surface area contributed by atoms with Crippen LogP contribution < -0.4 is 24.8 Å². The van der Waals surface area contributed by atoms with Crippen LogP contribution in [0.3, 0.4) is 0 Å². The Hall–Kier alpha value is -2.05. The molecular weight excluding hydrogens is 751 g/mol. The van der Waals surface area contributed by atoms with Gasteiger partial charge in [0.05, 0.1) is 0 Å². The van der Waals surface area contributed by atoms with Crippen LogP contribution in [0.2, 0.25) is 0 Å². The molecular formula is C49H60Cl2Zr. The van der Waals surface area contributed by atoms with Gasteiger partial charge >= 0.3 is 314 Å². The number of hydrogen-bond donors (Lipinski definition) is 0. The average molecular weight is 811 g/mol. The molecule has 0 spiro atoms. The number of halogens is 2. The molecule has 4 aliphatic carbocycles. The maximum absolute atomic E-state index is 2.71. The summed E-state index contributed by atoms with van der Waals surface area (Å²) < 4.78 is 3.86. The van der Waals surface area contributed by atoms with Gasteiger partial charge in [0.25, 0.3) is 0 Å². The molecule has 0 N–H and O–H groups in total. The molecule has 0 nitrogen and oxygen atoms in total. The van der Waals surface area contributed by atoms with E-state index in [4.69, 9.17) is 0 Å². The Balaban J connectivity index is 0.00000261. The van der Waals surface area contributed by atoms with Gasteiger partial charge in [0.2, 0.25) is 0 Å². The maximum atomic E-state index is 2.71. The molecule has 0 amide bonds. The Kier molecular flexibility index (Phi) is 10.5. The Bertz CT molecular complexity index is 2020. The SMILES string of the molecule is C/[C](c1ccc(C)cc1)=[Zr+2](/[C]1=CC(C(C)(C)C)=CC1)[CH]1c2cc3c(cc2-c2cc4c(cc21)C(C)(C)C=C4C(C)(C)C)C(C(C)(C)C)=CC3(C)C.[Cl-].[Cl-]. The molecule has 0 radical (unpaired) electrons. The summed E-state index contributed by atoms with van der Waals surface area (Å²) in [4.78, 5) is 0. The van der Waals surface area contributed by atoms with E-state index >= 15 is 0 Å². The predicted octanol–water partition coefficient (Wildman–Crippen LogP) is 7.63. The molecule has 0 bridgehead atoms. The number of aryl methyl sites for hydroxylation is 1. The second-order valence-electron chi connectivity index (χ2n) is 20.2. The van der Waals surface area contributed by atoms with Crippen molar-refractivity contribution in [3.8, 4) is 11.1 Å². The fraction of sp³-hybridized carbons (Fsp3) is 0.449. The van der Waals surface area contributed by atoms with Crippen LogP contribution >= 0.6 is 0 Å². The Morgan fingerprint density at radius 3 is 1.46 bits per heavy atom. The minimum atomic E-state index is -2.66. The van der Waals surface area contributed by atoms with Crippen molar-refractivity contribution in [3.63, 3.8) is 0 Å². The Morgan fingerprint density at radius 2 is 1.08 bits per heavy atom. The largest absolute Gasteiger partial charge is 1.00 e. The van der Waals surface area contributed by atoms with Crippen molar-refractivity contribution >= 4 is 14.4 Å². The standard InChI is InChI=1S/C31H37.C9H13.C9H10.2ClH.Zr/c1-28(2,3)26-16-30(7,8)24-12-18-11-19-13-25-23(15-21(19)20(18)14-22(24)26)27(29(4,5)6)17-31(25,9)10;1-9(2,3)8-6-4-5-7-8;1-3-9-6-4-8(2)5-7-9;;;/h11-17H,1-10H3;6-7H,4H2,1-3H3;4-7H,1-2H3;2*1H;/q;;;;;+2/p-2. The van der Waals surface area contributed by atoms with Crippen molar-refractivity contribution in [2.75, 3.05) is 0 Å². The summed E-state index contributed by atoms with van der Waals surface area (Å²) >= 11 is -2.66. The average Bonchev–Trinajstić information content (AvgIpc) is 3.73. The van der Waals surface area contributed by atoms with Crippen LogP contribution in [0.15, 0.2) is 81.7 Å². The normalized spacial score (nSPS) is 18.6. The van der Waals surface area contributed by atoms with E-state index in [9.17, 15) is 0 Å². The zero-order valence-corrected chi connectivity index (χ0v) is 38.4. The summed E-state index contributed by atoms with van der Waals surface area (Å²) in [5.41, 5.74) is 19.8. The topological polar surface area (TPSA) is 0 Å². The molecule has 0 atom stereocenters. The van der Waals surface area contributed by atoms with Crippen LogP contribution in [-0.2, 0) is 32.1 Å². The molecule has 0 aliphatic heterocycles. The summed E-state index contributed by atoms with van der Waals surface area (Å²) in [6.07, 6.45) is 11.5. The third-order valence-corrected chi connectivity index (χ3v) is 20.3. The van der Waals surface area contributed by atoms with Gasteiger partial charge in [0.1, 0.15) is 0 Å². The first-order valence-electron chi connectivity index (χ1n) is 19.0. The summed E-state index contributed by atoms with van der Waals surface area (Å²) in [6.45, 7) is 36.0. The zero-order chi connectivity index (χ0) is 36.5. The van der Waals surface area contributed by atoms with Gasteiger partial charge in [-0.2, -0.15) is 0 Å². The van der Waals surface area contributed by atoms with Gasteiger partial charge in [-0.3, -0.25) is 0 Å². The smallest absolute Gasteiger partial charge is 1.00 e. The zero-order valence-electron chi connectivity index (χ0n) is 34.5. The number of rotatable bonds is 3. The van der Waals surface area contributed by atoms with Crippen molar-refractivity contribution in [1.82, 2.24) is 0 Å². The molecule has 0 unspecified atom stereocenters. The van der Waals surface area contributed by atoms with Crippen LogP contribution in [0, 0.1) is 23.2 Å². The van der Waals surface area contributed by atoms with Crippen molar-refractivity contribution < 1.29 is 46.1 Å². The fourth-order valence-corrected chi connectivity index (χ4v) is 17.9. The Morgan fingerprint density at radius 1 is 0.635 bits per heavy atom. The molecule has 0 fully saturated rings. The van der Waals surface area contributed by atoms with E-state index in [-0.39, 0.29) is 51.9 Å². The first-order valence-corrected chi connectivity index (χ1v) is 22.9. The van der Waals surface area contributed by atoms with E-state index in [1.165, 1.54) is 61.2 Å². The third kappa shape index (κ3) is 6.77. The van der Waals surface area contributed by atoms with Gasteiger partial charge < -0.3 is 24.8 Å². The molecule has 7 rings (SSSR count). The summed E-state index contributed by atoms with van der Waals surface area (Å²) in [6, 6.07) is 20.2. The van der Waals surface area contributed by atoms with Crippen molar-refractivity contribution in [2.24, 2.45) is 16.2 Å². The van der Waals surface area contributed by atoms with Gasteiger partial charge in [-0.05, 0) is 0 Å². The number of benzene rings is 3. The van der Waals surface area contributed by atoms with Crippen LogP contribution in [0.5, 0.6) is 0 Å². The molecule has 0 aromatic heterocycles. The minimum Gasteiger partial charge on any atom is -1.00 e. The molecule has 0 saturated heterocycles. The van der Waals surface area contributed by atoms with Gasteiger partial charge in [-0.25, -0.2) is 0 Å². The summed E-state index contributed by atoms with van der Waals surface area (Å²) in [5.74, 6) is 0. The van der Waals surface area contributed by atoms with Crippen LogP contribution in [0.25, 0.3) is 22.3 Å². The Labute approximate surface area is 336 Å². The van der Waals surface area contributed by atoms with E-state index in [2.05, 4.69) is 177 Å². The second-order valence-corrected chi connectivity index (χ2v) is 27.0. The fourth-order valence-electron chi connectivity index (χ4n) is 9.28. The van der Waals surface area contributed by atoms with E-state index < -0.39 is 21.3 Å². The second kappa shape index (κ2) is 13.3. The van der Waals surface area contributed by atoms with Gasteiger partial charge in [0.15, 0.2) is 0 Å². The molecule has 3 heteroatoms. The molecule has 0 saturated carbocycles. The van der Waals surface area contributed by atoms with E-state index in [1.807, 2.05) is 0 Å². The van der Waals surface area contributed by atoms with Crippen molar-refractivity contribution in [2.45, 2.75) is 125 Å². The number of hydrogen-bond acceptors (Lipinski definition) is 0. The third-order valence-electron chi connectivity index (χ3n) is 12.1. The van der Waals surface area contributed by atoms with Gasteiger partial charge in [-0.15, -0.1) is 0 Å². The first kappa shape index (κ1) is 41.1. The quantitative estimate of drug-likeness (QED) is 0.256. The minimum absolute atomic E-state index is 0. The molecule has 3 aromatic rings. The van der Waals surface area contributed by atoms with E-state index in [0.29, 0.717) is 3.63 Å². The van der Waals surface area contributed by atoms with E-state index in [1.54, 1.807) is 17.6 Å². The monoisotopic (exact) mass is 808 g/mol. The van der Waals surface area contributed by atoms with E-state index in [0.717, 1.165) is 6.42 Å². The number of allylic oxidation sites excluding steroid dienone is 8. The first-order chi connectivity index (χ1) is 23.0. The molecule has 274 valence electrons. The predicted molar refractivity (Wildman–Crippen MR) is 216 cm³/mol. The van der Waals surface area contributed by atoms with Gasteiger partial charge in [-0.1, -0.05) is 0 Å². The summed E-state index contributed by atoms with van der Waals surface area (Å²) in [5, 5.41) is 0. The maximum Gasteiger partial charge on any atom is -1.00 e. The summed E-state index contributed by atoms with van der Waals surface area (Å²) in [7, 11) is 0. The van der Waals surface area contributed by atoms with Gasteiger partial charge in [0, 0.05) is 0 Å². The van der Waals surface area contributed by atoms with Crippen LogP contribution in [-0.4, -0.2) is 3.21 Å². The van der Waals surface area contributed by atoms with Crippen molar-refractivity contribution in [1.29, 1.82) is 0 Å². The molecule has 52 heavy (non-hydrogen) atoms. The van der Waals surface area contributed by atoms with Crippen LogP contribution in [0.4, 0.5) is 0 Å². The molecule has 0 heterocycles. The van der Waals surface area contributed by atoms with Crippen molar-refractivity contribution in [3.05, 3.63) is 126 Å². The molecule has 3 aromatic carbocycles.